The minimum Gasteiger partial charge on any atom is -0.492 e. The Balaban J connectivity index is 1.88. The minimum atomic E-state index is -3.68. The molecular formula is C19H23N3O3S. The predicted octanol–water partition coefficient (Wildman–Crippen LogP) is 2.50. The van der Waals surface area contributed by atoms with Gasteiger partial charge in [-0.05, 0) is 54.9 Å². The van der Waals surface area contributed by atoms with Gasteiger partial charge in [0.25, 0.3) is 0 Å². The fraction of sp³-hybridized carbons (Fsp3) is 0.316. The molecule has 0 heterocycles. The Morgan fingerprint density at radius 2 is 1.73 bits per heavy atom. The first-order chi connectivity index (χ1) is 12.4. The molecule has 6 nitrogen and oxygen atoms in total. The topological polar surface area (TPSA) is 96.4 Å². The van der Waals surface area contributed by atoms with Crippen LogP contribution in [0.1, 0.15) is 24.5 Å². The number of benzene rings is 2. The number of hydrogen-bond donors (Lipinski definition) is 1. The van der Waals surface area contributed by atoms with Crippen LogP contribution in [0.3, 0.4) is 0 Å². The molecule has 0 aromatic heterocycles. The summed E-state index contributed by atoms with van der Waals surface area (Å²) in [7, 11) is -3.68. The number of primary sulfonamides is 1. The normalized spacial score (nSPS) is 11.3. The largest absolute Gasteiger partial charge is 0.492 e. The zero-order valence-electron chi connectivity index (χ0n) is 14.8. The van der Waals surface area contributed by atoms with E-state index < -0.39 is 10.0 Å². The van der Waals surface area contributed by atoms with Gasteiger partial charge in [-0.15, -0.1) is 0 Å². The lowest BCUT2D eigenvalue weighted by Gasteiger charge is -2.22. The van der Waals surface area contributed by atoms with Gasteiger partial charge in [0, 0.05) is 13.1 Å². The Bertz CT molecular complexity index is 841. The van der Waals surface area contributed by atoms with Crippen LogP contribution in [0.15, 0.2) is 53.4 Å². The second-order valence-corrected chi connectivity index (χ2v) is 7.51. The van der Waals surface area contributed by atoms with Gasteiger partial charge < -0.3 is 4.74 Å². The third kappa shape index (κ3) is 6.15. The van der Waals surface area contributed by atoms with Gasteiger partial charge in [-0.2, -0.15) is 5.26 Å². The molecule has 0 saturated carbocycles. The van der Waals surface area contributed by atoms with E-state index in [1.54, 1.807) is 12.1 Å². The molecule has 0 aliphatic carbocycles. The Labute approximate surface area is 154 Å². The Kier molecular flexibility index (Phi) is 7.16. The molecule has 0 saturated heterocycles. The lowest BCUT2D eigenvalue weighted by molar-refractivity contribution is 0.203. The number of hydrogen-bond acceptors (Lipinski definition) is 5. The number of ether oxygens (including phenoxy) is 1. The molecule has 2 aromatic rings. The zero-order chi connectivity index (χ0) is 19.0. The van der Waals surface area contributed by atoms with Crippen LogP contribution in [-0.2, 0) is 16.6 Å². The van der Waals surface area contributed by atoms with Gasteiger partial charge in [0.2, 0.25) is 10.0 Å². The van der Waals surface area contributed by atoms with Crippen molar-refractivity contribution in [3.05, 3.63) is 59.7 Å². The van der Waals surface area contributed by atoms with Crippen LogP contribution < -0.4 is 9.88 Å². The number of rotatable bonds is 9. The highest BCUT2D eigenvalue weighted by atomic mass is 32.2. The van der Waals surface area contributed by atoms with Crippen molar-refractivity contribution in [3.63, 3.8) is 0 Å². The van der Waals surface area contributed by atoms with Crippen molar-refractivity contribution >= 4 is 10.0 Å². The summed E-state index contributed by atoms with van der Waals surface area (Å²) in [5.74, 6) is 0.604. The summed E-state index contributed by atoms with van der Waals surface area (Å²) in [6, 6.07) is 15.8. The number of sulfonamides is 1. The third-order valence-electron chi connectivity index (χ3n) is 3.86. The van der Waals surface area contributed by atoms with Gasteiger partial charge >= 0.3 is 0 Å². The molecule has 138 valence electrons. The fourth-order valence-electron chi connectivity index (χ4n) is 2.55. The van der Waals surface area contributed by atoms with Crippen LogP contribution in [0.5, 0.6) is 5.75 Å². The van der Waals surface area contributed by atoms with Crippen LogP contribution in [0.25, 0.3) is 0 Å². The van der Waals surface area contributed by atoms with Crippen LogP contribution >= 0.6 is 0 Å². The smallest absolute Gasteiger partial charge is 0.238 e. The molecule has 2 N–H and O–H groups in total. The van der Waals surface area contributed by atoms with Crippen molar-refractivity contribution in [2.45, 2.75) is 24.8 Å². The molecule has 0 aliphatic rings. The van der Waals surface area contributed by atoms with Crippen molar-refractivity contribution in [2.24, 2.45) is 5.14 Å². The lowest BCUT2D eigenvalue weighted by atomic mass is 10.1. The second-order valence-electron chi connectivity index (χ2n) is 5.95. The van der Waals surface area contributed by atoms with Crippen molar-refractivity contribution in [1.82, 2.24) is 4.90 Å². The number of nitrogens with zero attached hydrogens (tertiary/aromatic N) is 2. The first-order valence-corrected chi connectivity index (χ1v) is 9.94. The fourth-order valence-corrected chi connectivity index (χ4v) is 3.06. The molecule has 26 heavy (non-hydrogen) atoms. The standard InChI is InChI=1S/C19H23N3O3S/c1-2-11-22(15-17-5-3-16(14-20)4-6-17)12-13-25-18-7-9-19(10-8-18)26(21,23)24/h3-10H,2,11-13,15H2,1H3,(H2,21,23,24). The Morgan fingerprint density at radius 1 is 1.08 bits per heavy atom. The van der Waals surface area contributed by atoms with Gasteiger partial charge in [-0.3, -0.25) is 4.90 Å². The predicted molar refractivity (Wildman–Crippen MR) is 100 cm³/mol. The van der Waals surface area contributed by atoms with E-state index in [1.165, 1.54) is 12.1 Å². The van der Waals surface area contributed by atoms with Gasteiger partial charge in [-0.25, -0.2) is 13.6 Å². The molecule has 7 heteroatoms. The second kappa shape index (κ2) is 9.34. The summed E-state index contributed by atoms with van der Waals surface area (Å²) in [5.41, 5.74) is 1.80. The van der Waals surface area contributed by atoms with E-state index in [0.717, 1.165) is 31.6 Å². The summed E-state index contributed by atoms with van der Waals surface area (Å²) in [6.45, 7) is 5.08. The maximum absolute atomic E-state index is 11.2. The van der Waals surface area contributed by atoms with Gasteiger partial charge in [0.05, 0.1) is 16.5 Å². The SMILES string of the molecule is CCCN(CCOc1ccc(S(N)(=O)=O)cc1)Cc1ccc(C#N)cc1. The summed E-state index contributed by atoms with van der Waals surface area (Å²) in [5, 5.41) is 13.9. The zero-order valence-corrected chi connectivity index (χ0v) is 15.6. The number of nitriles is 1. The van der Waals surface area contributed by atoms with Crippen molar-refractivity contribution in [2.75, 3.05) is 19.7 Å². The molecular weight excluding hydrogens is 350 g/mol. The quantitative estimate of drug-likeness (QED) is 0.728. The average Bonchev–Trinajstić information content (AvgIpc) is 2.62. The Morgan fingerprint density at radius 3 is 2.27 bits per heavy atom. The van der Waals surface area contributed by atoms with Crippen molar-refractivity contribution in [1.29, 1.82) is 5.26 Å². The van der Waals surface area contributed by atoms with E-state index in [-0.39, 0.29) is 4.90 Å². The Hall–Kier alpha value is -2.40. The lowest BCUT2D eigenvalue weighted by Crippen LogP contribution is -2.28. The average molecular weight is 373 g/mol. The molecule has 0 spiro atoms. The van der Waals surface area contributed by atoms with Gasteiger partial charge in [0.15, 0.2) is 0 Å². The summed E-state index contributed by atoms with van der Waals surface area (Å²) < 4.78 is 28.2. The molecule has 2 aromatic carbocycles. The highest BCUT2D eigenvalue weighted by Crippen LogP contribution is 2.15. The van der Waals surface area contributed by atoms with E-state index in [9.17, 15) is 8.42 Å². The summed E-state index contributed by atoms with van der Waals surface area (Å²) in [4.78, 5) is 2.35. The van der Waals surface area contributed by atoms with Crippen LogP contribution in [-0.4, -0.2) is 33.0 Å². The third-order valence-corrected chi connectivity index (χ3v) is 4.79. The molecule has 0 aliphatic heterocycles. The van der Waals surface area contributed by atoms with E-state index in [4.69, 9.17) is 15.1 Å². The van der Waals surface area contributed by atoms with Crippen LogP contribution in [0, 0.1) is 11.3 Å². The molecule has 0 amide bonds. The minimum absolute atomic E-state index is 0.0678. The van der Waals surface area contributed by atoms with Gasteiger partial charge in [0.1, 0.15) is 12.4 Å². The van der Waals surface area contributed by atoms with E-state index >= 15 is 0 Å². The van der Waals surface area contributed by atoms with Crippen LogP contribution in [0.2, 0.25) is 0 Å². The maximum Gasteiger partial charge on any atom is 0.238 e. The van der Waals surface area contributed by atoms with Crippen molar-refractivity contribution in [3.8, 4) is 11.8 Å². The molecule has 0 radical (unpaired) electrons. The molecule has 0 fully saturated rings. The highest BCUT2D eigenvalue weighted by molar-refractivity contribution is 7.89. The monoisotopic (exact) mass is 373 g/mol. The first-order valence-electron chi connectivity index (χ1n) is 8.39. The number of nitrogens with two attached hydrogens (primary N) is 1. The molecule has 0 unspecified atom stereocenters. The van der Waals surface area contributed by atoms with Gasteiger partial charge in [-0.1, -0.05) is 19.1 Å². The van der Waals surface area contributed by atoms with Crippen molar-refractivity contribution < 1.29 is 13.2 Å². The summed E-state index contributed by atoms with van der Waals surface area (Å²) in [6.07, 6.45) is 1.03. The summed E-state index contributed by atoms with van der Waals surface area (Å²) >= 11 is 0. The first kappa shape index (κ1) is 19.9. The molecule has 2 rings (SSSR count). The molecule has 0 atom stereocenters. The van der Waals surface area contributed by atoms with Crippen LogP contribution in [0.4, 0.5) is 0 Å². The van der Waals surface area contributed by atoms with E-state index in [2.05, 4.69) is 17.9 Å². The van der Waals surface area contributed by atoms with E-state index in [0.29, 0.717) is 17.9 Å². The highest BCUT2D eigenvalue weighted by Gasteiger charge is 2.08. The molecule has 0 bridgehead atoms. The maximum atomic E-state index is 11.2. The van der Waals surface area contributed by atoms with E-state index in [1.807, 2.05) is 24.3 Å².